The maximum absolute atomic E-state index is 11.7. The molecule has 0 amide bonds. The summed E-state index contributed by atoms with van der Waals surface area (Å²) in [6, 6.07) is 2.80. The standard InChI is InChI=1S/C8H6BFN2O4/c10-16-8(13)6-3-11-12-4-5(9(14)15)1-2-7(6)12/h1-4,14-15H. The summed E-state index contributed by atoms with van der Waals surface area (Å²) in [4.78, 5) is 14.0. The molecule has 2 N–H and O–H groups in total. The molecule has 0 unspecified atom stereocenters. The highest BCUT2D eigenvalue weighted by Gasteiger charge is 2.17. The number of hydrogen-bond acceptors (Lipinski definition) is 5. The van der Waals surface area contributed by atoms with Crippen LogP contribution in [0.2, 0.25) is 0 Å². The summed E-state index contributed by atoms with van der Waals surface area (Å²) in [6.45, 7) is 0. The van der Waals surface area contributed by atoms with Crippen molar-refractivity contribution >= 4 is 24.1 Å². The fraction of sp³-hybridized carbons (Fsp3) is 0. The van der Waals surface area contributed by atoms with Crippen molar-refractivity contribution in [3.8, 4) is 0 Å². The molecule has 0 aromatic carbocycles. The Morgan fingerprint density at radius 2 is 2.25 bits per heavy atom. The summed E-state index contributed by atoms with van der Waals surface area (Å²) in [5.74, 6) is -1.15. The van der Waals surface area contributed by atoms with Gasteiger partial charge in [0, 0.05) is 16.2 Å². The van der Waals surface area contributed by atoms with Crippen LogP contribution in [0.15, 0.2) is 24.5 Å². The molecule has 2 aromatic rings. The molecule has 82 valence electrons. The van der Waals surface area contributed by atoms with Gasteiger partial charge in [0.05, 0.1) is 11.7 Å². The Balaban J connectivity index is 2.54. The first-order chi connectivity index (χ1) is 7.63. The Kier molecular flexibility index (Phi) is 2.59. The lowest BCUT2D eigenvalue weighted by atomic mass is 9.82. The van der Waals surface area contributed by atoms with Crippen LogP contribution in [0.4, 0.5) is 4.53 Å². The van der Waals surface area contributed by atoms with Crippen molar-refractivity contribution < 1.29 is 24.3 Å². The molecule has 6 nitrogen and oxygen atoms in total. The molecule has 0 atom stereocenters. The van der Waals surface area contributed by atoms with E-state index in [2.05, 4.69) is 10.0 Å². The second-order valence-corrected chi connectivity index (χ2v) is 3.09. The number of halogens is 1. The molecule has 0 spiro atoms. The number of nitrogens with zero attached hydrogens (tertiary/aromatic N) is 2. The summed E-state index contributed by atoms with van der Waals surface area (Å²) < 4.78 is 12.9. The van der Waals surface area contributed by atoms with Crippen LogP contribution in [0.3, 0.4) is 0 Å². The third kappa shape index (κ3) is 1.64. The van der Waals surface area contributed by atoms with Crippen molar-refractivity contribution in [3.63, 3.8) is 0 Å². The number of rotatable bonds is 2. The molecule has 0 radical (unpaired) electrons. The van der Waals surface area contributed by atoms with Crippen molar-refractivity contribution in [2.45, 2.75) is 0 Å². The van der Waals surface area contributed by atoms with Crippen LogP contribution in [0.5, 0.6) is 0 Å². The van der Waals surface area contributed by atoms with E-state index < -0.39 is 13.1 Å². The molecule has 8 heteroatoms. The van der Waals surface area contributed by atoms with Crippen molar-refractivity contribution in [2.75, 3.05) is 0 Å². The fourth-order valence-corrected chi connectivity index (χ4v) is 1.35. The minimum atomic E-state index is -1.63. The number of pyridine rings is 1. The predicted molar refractivity (Wildman–Crippen MR) is 51.5 cm³/mol. The largest absolute Gasteiger partial charge is 0.490 e. The average molecular weight is 224 g/mol. The van der Waals surface area contributed by atoms with Gasteiger partial charge in [-0.2, -0.15) is 5.10 Å². The topological polar surface area (TPSA) is 84.1 Å². The highest BCUT2D eigenvalue weighted by Crippen LogP contribution is 2.10. The molecule has 2 aromatic heterocycles. The van der Waals surface area contributed by atoms with E-state index in [0.717, 1.165) is 6.20 Å². The normalized spacial score (nSPS) is 10.4. The van der Waals surface area contributed by atoms with Gasteiger partial charge in [-0.3, -0.25) is 0 Å². The van der Waals surface area contributed by atoms with Gasteiger partial charge in [-0.05, 0) is 6.07 Å². The van der Waals surface area contributed by atoms with Crippen LogP contribution in [0, 0.1) is 0 Å². The van der Waals surface area contributed by atoms with Gasteiger partial charge in [-0.1, -0.05) is 6.07 Å². The zero-order valence-electron chi connectivity index (χ0n) is 7.87. The number of hydrogen-bond donors (Lipinski definition) is 2. The third-order valence-corrected chi connectivity index (χ3v) is 2.13. The number of carbonyl (C=O) groups excluding carboxylic acids is 1. The molecule has 0 fully saturated rings. The van der Waals surface area contributed by atoms with Crippen LogP contribution in [0.25, 0.3) is 5.52 Å². The summed E-state index contributed by atoms with van der Waals surface area (Å²) >= 11 is 0. The number of carbonyl (C=O) groups is 1. The lowest BCUT2D eigenvalue weighted by Gasteiger charge is -2.00. The van der Waals surface area contributed by atoms with E-state index in [1.807, 2.05) is 0 Å². The van der Waals surface area contributed by atoms with Crippen LogP contribution in [-0.2, 0) is 4.94 Å². The molecule has 2 heterocycles. The maximum Gasteiger partial charge on any atom is 0.490 e. The van der Waals surface area contributed by atoms with Gasteiger partial charge in [-0.25, -0.2) is 14.3 Å². The quantitative estimate of drug-likeness (QED) is 0.642. The fourth-order valence-electron chi connectivity index (χ4n) is 1.35. The van der Waals surface area contributed by atoms with Crippen molar-refractivity contribution in [1.29, 1.82) is 0 Å². The maximum atomic E-state index is 11.7. The highest BCUT2D eigenvalue weighted by atomic mass is 19.3. The molecule has 0 aliphatic carbocycles. The van der Waals surface area contributed by atoms with E-state index in [-0.39, 0.29) is 11.0 Å². The first kappa shape index (κ1) is 10.6. The van der Waals surface area contributed by atoms with E-state index in [0.29, 0.717) is 5.52 Å². The molecule has 2 rings (SSSR count). The number of aromatic nitrogens is 2. The zero-order valence-corrected chi connectivity index (χ0v) is 7.87. The third-order valence-electron chi connectivity index (χ3n) is 2.13. The van der Waals surface area contributed by atoms with Crippen molar-refractivity contribution in [3.05, 3.63) is 30.1 Å². The van der Waals surface area contributed by atoms with Gasteiger partial charge in [0.2, 0.25) is 0 Å². The predicted octanol–water partition coefficient (Wildman–Crippen LogP) is -0.945. The van der Waals surface area contributed by atoms with Crippen molar-refractivity contribution in [1.82, 2.24) is 9.61 Å². The molecule has 0 saturated carbocycles. The SMILES string of the molecule is O=C(OF)c1cnn2cc(B(O)O)ccc12. The molecule has 0 aliphatic rings. The number of fused-ring (bicyclic) bond motifs is 1. The van der Waals surface area contributed by atoms with E-state index in [9.17, 15) is 9.32 Å². The summed E-state index contributed by atoms with van der Waals surface area (Å²) in [7, 11) is -1.63. The Morgan fingerprint density at radius 3 is 2.88 bits per heavy atom. The summed E-state index contributed by atoms with van der Waals surface area (Å²) in [5.41, 5.74) is 0.476. The second kappa shape index (κ2) is 3.91. The Morgan fingerprint density at radius 1 is 1.50 bits per heavy atom. The van der Waals surface area contributed by atoms with Crippen LogP contribution in [0.1, 0.15) is 10.4 Å². The molecular formula is C8H6BFN2O4. The minimum absolute atomic E-state index is 0.0403. The van der Waals surface area contributed by atoms with Crippen LogP contribution in [-0.4, -0.2) is 32.7 Å². The molecule has 0 saturated heterocycles. The molecule has 0 bridgehead atoms. The van der Waals surface area contributed by atoms with Crippen molar-refractivity contribution in [2.24, 2.45) is 0 Å². The van der Waals surface area contributed by atoms with Gasteiger partial charge in [0.15, 0.2) is 0 Å². The summed E-state index contributed by atoms with van der Waals surface area (Å²) in [5, 5.41) is 21.6. The average Bonchev–Trinajstić information content (AvgIpc) is 2.70. The van der Waals surface area contributed by atoms with Gasteiger partial charge < -0.3 is 10.0 Å². The van der Waals surface area contributed by atoms with E-state index in [1.54, 1.807) is 0 Å². The van der Waals surface area contributed by atoms with Gasteiger partial charge in [0.1, 0.15) is 5.56 Å². The Bertz CT molecular complexity index is 542. The lowest BCUT2D eigenvalue weighted by molar-refractivity contribution is -0.0786. The van der Waals surface area contributed by atoms with E-state index in [1.165, 1.54) is 22.8 Å². The van der Waals surface area contributed by atoms with Gasteiger partial charge in [-0.15, -0.1) is 0 Å². The van der Waals surface area contributed by atoms with Gasteiger partial charge >= 0.3 is 13.1 Å². The zero-order chi connectivity index (χ0) is 11.7. The molecular weight excluding hydrogens is 218 g/mol. The first-order valence-corrected chi connectivity index (χ1v) is 4.30. The molecule has 16 heavy (non-hydrogen) atoms. The van der Waals surface area contributed by atoms with Crippen LogP contribution >= 0.6 is 0 Å². The summed E-state index contributed by atoms with van der Waals surface area (Å²) in [6.07, 6.45) is 2.44. The van der Waals surface area contributed by atoms with Crippen LogP contribution < -0.4 is 5.46 Å². The minimum Gasteiger partial charge on any atom is -0.423 e. The highest BCUT2D eigenvalue weighted by molar-refractivity contribution is 6.58. The lowest BCUT2D eigenvalue weighted by Crippen LogP contribution is -2.30. The monoisotopic (exact) mass is 224 g/mol. The smallest absolute Gasteiger partial charge is 0.423 e. The Hall–Kier alpha value is -1.93. The van der Waals surface area contributed by atoms with Gasteiger partial charge in [0.25, 0.3) is 0 Å². The van der Waals surface area contributed by atoms with E-state index in [4.69, 9.17) is 10.0 Å². The first-order valence-electron chi connectivity index (χ1n) is 4.30. The second-order valence-electron chi connectivity index (χ2n) is 3.09. The Labute approximate surface area is 88.9 Å². The molecule has 0 aliphatic heterocycles. The van der Waals surface area contributed by atoms with E-state index >= 15 is 0 Å².